The molecule has 0 saturated carbocycles. The molecule has 0 unspecified atom stereocenters. The van der Waals surface area contributed by atoms with Crippen LogP contribution >= 0.6 is 0 Å². The topological polar surface area (TPSA) is 152 Å². The van der Waals surface area contributed by atoms with E-state index >= 15 is 0 Å². The van der Waals surface area contributed by atoms with E-state index in [-0.39, 0.29) is 11.8 Å². The molecule has 0 heterocycles. The van der Waals surface area contributed by atoms with E-state index in [1.807, 2.05) is 13.8 Å². The van der Waals surface area contributed by atoms with E-state index < -0.39 is 65.7 Å². The van der Waals surface area contributed by atoms with Crippen LogP contribution in [0, 0.1) is 11.8 Å². The molecule has 1 aromatic rings. The van der Waals surface area contributed by atoms with Gasteiger partial charge < -0.3 is 35.1 Å². The summed E-state index contributed by atoms with van der Waals surface area (Å²) >= 11 is 0. The van der Waals surface area contributed by atoms with Crippen molar-refractivity contribution in [2.24, 2.45) is 11.8 Å². The van der Waals surface area contributed by atoms with Crippen LogP contribution in [-0.4, -0.2) is 85.7 Å². The molecule has 0 fully saturated rings. The minimum atomic E-state index is -1.30. The summed E-state index contributed by atoms with van der Waals surface area (Å²) in [5.41, 5.74) is -0.171. The summed E-state index contributed by atoms with van der Waals surface area (Å²) in [5.74, 6) is -2.69. The van der Waals surface area contributed by atoms with Gasteiger partial charge >= 0.3 is 12.1 Å². The molecule has 0 radical (unpaired) electrons. The maximum absolute atomic E-state index is 13.9. The Labute approximate surface area is 255 Å². The minimum absolute atomic E-state index is 0.0932. The maximum Gasteiger partial charge on any atom is 0.408 e. The lowest BCUT2D eigenvalue weighted by molar-refractivity contribution is -0.154. The summed E-state index contributed by atoms with van der Waals surface area (Å²) in [6.45, 7) is 13.9. The molecule has 0 aliphatic carbocycles. The first-order valence-electron chi connectivity index (χ1n) is 14.5. The van der Waals surface area contributed by atoms with Gasteiger partial charge in [-0.15, -0.1) is 0 Å². The molecular formula is C31H50N4O8. The second-order valence-electron chi connectivity index (χ2n) is 12.3. The Kier molecular flexibility index (Phi) is 14.6. The van der Waals surface area contributed by atoms with Gasteiger partial charge in [-0.1, -0.05) is 58.0 Å². The number of carbonyl (C=O) groups excluding carboxylic acids is 5. The number of hydrogen-bond acceptors (Lipinski definition) is 8. The van der Waals surface area contributed by atoms with Crippen LogP contribution in [0.4, 0.5) is 4.79 Å². The predicted molar refractivity (Wildman–Crippen MR) is 162 cm³/mol. The Bertz CT molecular complexity index is 1090. The van der Waals surface area contributed by atoms with Crippen LogP contribution in [0.3, 0.4) is 0 Å². The van der Waals surface area contributed by atoms with Gasteiger partial charge in [-0.3, -0.25) is 14.4 Å². The third kappa shape index (κ3) is 11.9. The second kappa shape index (κ2) is 16.8. The van der Waals surface area contributed by atoms with Gasteiger partial charge in [0.05, 0.1) is 7.11 Å². The highest BCUT2D eigenvalue weighted by Crippen LogP contribution is 2.22. The fraction of sp³-hybridized carbons (Fsp3) is 0.645. The number of rotatable bonds is 14. The average molecular weight is 607 g/mol. The van der Waals surface area contributed by atoms with E-state index in [1.165, 1.54) is 33.1 Å². The highest BCUT2D eigenvalue weighted by molar-refractivity contribution is 5.95. The number of hydrogen-bond donors (Lipinski definition) is 3. The number of amides is 4. The molecule has 0 spiro atoms. The van der Waals surface area contributed by atoms with Crippen LogP contribution in [-0.2, 0) is 33.4 Å². The lowest BCUT2D eigenvalue weighted by Crippen LogP contribution is -2.60. The zero-order valence-corrected chi connectivity index (χ0v) is 27.3. The molecule has 12 nitrogen and oxygen atoms in total. The fourth-order valence-electron chi connectivity index (χ4n) is 4.34. The van der Waals surface area contributed by atoms with Crippen molar-refractivity contribution in [1.29, 1.82) is 0 Å². The number of likely N-dealkylation sites (N-methyl/N-ethyl adjacent to an activating group) is 1. The molecule has 12 heteroatoms. The lowest BCUT2D eigenvalue weighted by Gasteiger charge is -2.34. The zero-order chi connectivity index (χ0) is 33.1. The minimum Gasteiger partial charge on any atom is -0.467 e. The number of methoxy groups -OCH3 is 2. The van der Waals surface area contributed by atoms with E-state index in [9.17, 15) is 24.0 Å². The first kappa shape index (κ1) is 37.4. The first-order chi connectivity index (χ1) is 19.9. The van der Waals surface area contributed by atoms with E-state index in [2.05, 4.69) is 16.0 Å². The average Bonchev–Trinajstić information content (AvgIpc) is 2.92. The third-order valence-corrected chi connectivity index (χ3v) is 6.61. The van der Waals surface area contributed by atoms with E-state index in [4.69, 9.17) is 14.2 Å². The highest BCUT2D eigenvalue weighted by atomic mass is 16.6. The molecule has 43 heavy (non-hydrogen) atoms. The third-order valence-electron chi connectivity index (χ3n) is 6.61. The SMILES string of the molecule is COC(=O)[C@H](CC(C)C)N(C)C(=O)[C@@H](NC(=O)[C@@H](NC(=O)[C@H](C)NC(=O)OC(C)(C)C)[C@H](OC)c1ccccc1)C(C)C. The van der Waals surface area contributed by atoms with Crippen LogP contribution in [0.1, 0.15) is 73.5 Å². The summed E-state index contributed by atoms with van der Waals surface area (Å²) in [7, 11) is 4.16. The highest BCUT2D eigenvalue weighted by Gasteiger charge is 2.38. The van der Waals surface area contributed by atoms with Gasteiger partial charge in [-0.25, -0.2) is 9.59 Å². The molecule has 1 aromatic carbocycles. The van der Waals surface area contributed by atoms with Crippen molar-refractivity contribution in [2.45, 2.75) is 97.7 Å². The monoisotopic (exact) mass is 606 g/mol. The van der Waals surface area contributed by atoms with Gasteiger partial charge in [0.25, 0.3) is 0 Å². The van der Waals surface area contributed by atoms with E-state index in [1.54, 1.807) is 65.0 Å². The smallest absolute Gasteiger partial charge is 0.408 e. The van der Waals surface area contributed by atoms with Gasteiger partial charge in [-0.2, -0.15) is 0 Å². The first-order valence-corrected chi connectivity index (χ1v) is 14.5. The molecule has 0 saturated heterocycles. The largest absolute Gasteiger partial charge is 0.467 e. The molecule has 4 amide bonds. The quantitative estimate of drug-likeness (QED) is 0.274. The normalized spacial score (nSPS) is 15.0. The molecule has 5 atom stereocenters. The van der Waals surface area contributed by atoms with Crippen molar-refractivity contribution in [1.82, 2.24) is 20.9 Å². The van der Waals surface area contributed by atoms with E-state index in [0.717, 1.165) is 0 Å². The van der Waals surface area contributed by atoms with Crippen LogP contribution in [0.2, 0.25) is 0 Å². The zero-order valence-electron chi connectivity index (χ0n) is 27.3. The molecule has 0 aliphatic heterocycles. The molecule has 242 valence electrons. The summed E-state index contributed by atoms with van der Waals surface area (Å²) in [6, 6.07) is 4.57. The molecule has 0 aliphatic rings. The Morgan fingerprint density at radius 3 is 1.86 bits per heavy atom. The standard InChI is InChI=1S/C31H50N4O8/c1-18(2)17-22(29(39)42-11)35(9)28(38)23(19(3)4)33-27(37)24(25(41-10)21-15-13-12-14-16-21)34-26(36)20(5)32-30(40)43-31(6,7)8/h12-16,18-20,22-25H,17H2,1-11H3,(H,32,40)(H,33,37)(H,34,36)/t20-,22-,23-,24-,25+/m0/s1. The van der Waals surface area contributed by atoms with Crippen LogP contribution in [0.15, 0.2) is 30.3 Å². The van der Waals surface area contributed by atoms with Crippen LogP contribution in [0.25, 0.3) is 0 Å². The molecular weight excluding hydrogens is 556 g/mol. The molecule has 0 aromatic heterocycles. The van der Waals surface area contributed by atoms with Gasteiger partial charge in [0.1, 0.15) is 35.9 Å². The van der Waals surface area contributed by atoms with Crippen molar-refractivity contribution < 1.29 is 38.2 Å². The lowest BCUT2D eigenvalue weighted by atomic mass is 9.97. The Morgan fingerprint density at radius 1 is 0.837 bits per heavy atom. The fourth-order valence-corrected chi connectivity index (χ4v) is 4.34. The maximum atomic E-state index is 13.9. The summed E-state index contributed by atoms with van der Waals surface area (Å²) in [4.78, 5) is 66.9. The van der Waals surface area contributed by atoms with Crippen molar-refractivity contribution in [2.75, 3.05) is 21.3 Å². The van der Waals surface area contributed by atoms with Gasteiger partial charge in [0, 0.05) is 14.2 Å². The van der Waals surface area contributed by atoms with Crippen molar-refractivity contribution in [3.8, 4) is 0 Å². The summed E-state index contributed by atoms with van der Waals surface area (Å²) in [6.07, 6.45) is -1.37. The Balaban J connectivity index is 3.35. The van der Waals surface area contributed by atoms with Crippen molar-refractivity contribution >= 4 is 29.8 Å². The Hall–Kier alpha value is -3.67. The number of alkyl carbamates (subject to hydrolysis) is 1. The van der Waals surface area contributed by atoms with Crippen LogP contribution < -0.4 is 16.0 Å². The van der Waals surface area contributed by atoms with Crippen molar-refractivity contribution in [3.05, 3.63) is 35.9 Å². The number of nitrogens with zero attached hydrogens (tertiary/aromatic N) is 1. The van der Waals surface area contributed by atoms with Gasteiger partial charge in [0.2, 0.25) is 17.7 Å². The predicted octanol–water partition coefficient (Wildman–Crippen LogP) is 2.96. The second-order valence-corrected chi connectivity index (χ2v) is 12.3. The van der Waals surface area contributed by atoms with Crippen LogP contribution in [0.5, 0.6) is 0 Å². The summed E-state index contributed by atoms with van der Waals surface area (Å²) < 4.78 is 15.9. The molecule has 3 N–H and O–H groups in total. The van der Waals surface area contributed by atoms with E-state index in [0.29, 0.717) is 12.0 Å². The number of carbonyl (C=O) groups is 5. The molecule has 0 bridgehead atoms. The molecule has 1 rings (SSSR count). The number of ether oxygens (including phenoxy) is 3. The summed E-state index contributed by atoms with van der Waals surface area (Å²) in [5, 5.41) is 7.91. The number of nitrogens with one attached hydrogen (secondary N) is 3. The number of esters is 1. The Morgan fingerprint density at radius 2 is 1.40 bits per heavy atom. The van der Waals surface area contributed by atoms with Gasteiger partial charge in [0.15, 0.2) is 0 Å². The van der Waals surface area contributed by atoms with Crippen molar-refractivity contribution in [3.63, 3.8) is 0 Å². The van der Waals surface area contributed by atoms with Gasteiger partial charge in [-0.05, 0) is 51.5 Å². The number of benzene rings is 1.